The molecule has 2 aliphatic rings. The number of ether oxygens (including phenoxy) is 1. The number of hydrogen-bond donors (Lipinski definition) is 0. The van der Waals surface area contributed by atoms with E-state index in [1.165, 1.54) is 12.1 Å². The van der Waals surface area contributed by atoms with Gasteiger partial charge < -0.3 is 14.1 Å². The Morgan fingerprint density at radius 1 is 1.08 bits per heavy atom. The second kappa shape index (κ2) is 5.74. The molecule has 0 bridgehead atoms. The minimum atomic E-state index is -0.290. The van der Waals surface area contributed by atoms with Crippen molar-refractivity contribution in [2.75, 3.05) is 11.6 Å². The van der Waals surface area contributed by atoms with Gasteiger partial charge in [0.15, 0.2) is 6.73 Å². The van der Waals surface area contributed by atoms with E-state index in [1.807, 2.05) is 11.0 Å². The van der Waals surface area contributed by atoms with E-state index in [-0.39, 0.29) is 11.4 Å². The van der Waals surface area contributed by atoms with E-state index < -0.39 is 0 Å². The van der Waals surface area contributed by atoms with Crippen molar-refractivity contribution >= 4 is 28.3 Å². The lowest BCUT2D eigenvalue weighted by Gasteiger charge is -2.31. The van der Waals surface area contributed by atoms with Crippen LogP contribution >= 0.6 is 11.6 Å². The molecule has 6 heteroatoms. The van der Waals surface area contributed by atoms with Crippen LogP contribution in [0.15, 0.2) is 39.5 Å². The number of rotatable bonds is 1. The van der Waals surface area contributed by atoms with E-state index in [1.54, 1.807) is 12.1 Å². The summed E-state index contributed by atoms with van der Waals surface area (Å²) >= 11 is 6.46. The molecule has 0 N–H and O–H groups in total. The van der Waals surface area contributed by atoms with Crippen LogP contribution in [0, 0.1) is 5.82 Å². The number of fused-ring (bicyclic) bond motifs is 5. The van der Waals surface area contributed by atoms with Crippen LogP contribution in [0.4, 0.5) is 10.1 Å². The van der Waals surface area contributed by atoms with Crippen molar-refractivity contribution < 1.29 is 13.5 Å². The maximum Gasteiger partial charge on any atom is 0.339 e. The fourth-order valence-corrected chi connectivity index (χ4v) is 4.20. The Bertz CT molecular complexity index is 1090. The summed E-state index contributed by atoms with van der Waals surface area (Å²) in [6.45, 7) is 0.763. The van der Waals surface area contributed by atoms with Gasteiger partial charge in [0.05, 0.1) is 17.1 Å². The van der Waals surface area contributed by atoms with Gasteiger partial charge >= 0.3 is 5.63 Å². The third-order valence-corrected chi connectivity index (χ3v) is 5.45. The fraction of sp³-hybridized carbons (Fsp3) is 0.250. The third-order valence-electron chi connectivity index (χ3n) is 5.17. The highest BCUT2D eigenvalue weighted by atomic mass is 35.5. The molecule has 0 spiro atoms. The molecule has 0 fully saturated rings. The summed E-state index contributed by atoms with van der Waals surface area (Å²) in [5, 5.41) is 1.42. The second-order valence-electron chi connectivity index (χ2n) is 6.69. The summed E-state index contributed by atoms with van der Waals surface area (Å²) in [6, 6.07) is 8.06. The minimum absolute atomic E-state index is 0.270. The molecule has 0 radical (unpaired) electrons. The van der Waals surface area contributed by atoms with E-state index in [0.717, 1.165) is 47.0 Å². The van der Waals surface area contributed by atoms with Gasteiger partial charge in [-0.15, -0.1) is 0 Å². The minimum Gasteiger partial charge on any atom is -0.471 e. The lowest BCUT2D eigenvalue weighted by atomic mass is 10.0. The maximum atomic E-state index is 13.2. The molecule has 26 heavy (non-hydrogen) atoms. The molecule has 2 heterocycles. The molecule has 1 aromatic heterocycles. The van der Waals surface area contributed by atoms with Gasteiger partial charge in [-0.05, 0) is 55.2 Å². The number of hydrogen-bond acceptors (Lipinski definition) is 4. The highest BCUT2D eigenvalue weighted by molar-refractivity contribution is 6.33. The van der Waals surface area contributed by atoms with Crippen molar-refractivity contribution in [1.29, 1.82) is 0 Å². The molecule has 0 atom stereocenters. The monoisotopic (exact) mass is 371 g/mol. The Hall–Kier alpha value is -2.53. The largest absolute Gasteiger partial charge is 0.471 e. The third kappa shape index (κ3) is 2.31. The number of nitrogens with zero attached hydrogens (tertiary/aromatic N) is 1. The summed E-state index contributed by atoms with van der Waals surface area (Å²) in [5.41, 5.74) is 3.67. The molecule has 5 rings (SSSR count). The first kappa shape index (κ1) is 15.7. The Kier molecular flexibility index (Phi) is 3.47. The van der Waals surface area contributed by atoms with E-state index >= 15 is 0 Å². The van der Waals surface area contributed by atoms with Gasteiger partial charge in [0.1, 0.15) is 17.1 Å². The lowest BCUT2D eigenvalue weighted by Crippen LogP contribution is -2.32. The van der Waals surface area contributed by atoms with Gasteiger partial charge in [0.2, 0.25) is 0 Å². The predicted octanol–water partition coefficient (Wildman–Crippen LogP) is 4.43. The average Bonchev–Trinajstić information content (AvgIpc) is 3.14. The van der Waals surface area contributed by atoms with Gasteiger partial charge in [-0.1, -0.05) is 11.6 Å². The molecular formula is C20H15ClFNO3. The van der Waals surface area contributed by atoms with Crippen LogP contribution in [0.5, 0.6) is 5.75 Å². The van der Waals surface area contributed by atoms with E-state index in [2.05, 4.69) is 0 Å². The van der Waals surface area contributed by atoms with Crippen LogP contribution in [-0.2, 0) is 19.4 Å². The van der Waals surface area contributed by atoms with Crippen LogP contribution in [0.1, 0.15) is 23.1 Å². The molecular weight excluding hydrogens is 357 g/mol. The highest BCUT2D eigenvalue weighted by Gasteiger charge is 2.28. The Balaban J connectivity index is 1.68. The number of anilines is 1. The molecule has 0 saturated heterocycles. The number of halogens is 2. The normalized spacial score (nSPS) is 15.7. The molecule has 0 unspecified atom stereocenters. The highest BCUT2D eigenvalue weighted by Crippen LogP contribution is 2.41. The first-order valence-electron chi connectivity index (χ1n) is 8.55. The Morgan fingerprint density at radius 3 is 2.65 bits per heavy atom. The summed E-state index contributed by atoms with van der Waals surface area (Å²) in [5.74, 6) is 0.265. The topological polar surface area (TPSA) is 42.7 Å². The number of benzene rings is 2. The standard InChI is InChI=1S/C20H15ClFNO3/c21-17-8-15-13-2-1-3-14(13)20(24)26-18(15)16-9-23(10-25-19(16)17)12-6-4-11(22)5-7-12/h4-8H,1-3,9-10H2. The van der Waals surface area contributed by atoms with Gasteiger partial charge in [-0.25, -0.2) is 9.18 Å². The molecule has 1 aliphatic heterocycles. The molecule has 0 saturated carbocycles. The van der Waals surface area contributed by atoms with Crippen LogP contribution < -0.4 is 15.3 Å². The van der Waals surface area contributed by atoms with Gasteiger partial charge in [0.25, 0.3) is 0 Å². The van der Waals surface area contributed by atoms with Crippen molar-refractivity contribution in [3.63, 3.8) is 0 Å². The fourth-order valence-electron chi connectivity index (χ4n) is 3.93. The van der Waals surface area contributed by atoms with Crippen molar-refractivity contribution in [2.45, 2.75) is 25.8 Å². The van der Waals surface area contributed by atoms with Gasteiger partial charge in [0, 0.05) is 16.6 Å². The van der Waals surface area contributed by atoms with Crippen molar-refractivity contribution in [3.8, 4) is 5.75 Å². The molecule has 4 nitrogen and oxygen atoms in total. The van der Waals surface area contributed by atoms with Crippen LogP contribution in [-0.4, -0.2) is 6.73 Å². The Morgan fingerprint density at radius 2 is 1.85 bits per heavy atom. The van der Waals surface area contributed by atoms with E-state index in [4.69, 9.17) is 20.8 Å². The summed E-state index contributed by atoms with van der Waals surface area (Å²) < 4.78 is 24.7. The van der Waals surface area contributed by atoms with Crippen molar-refractivity contribution in [2.24, 2.45) is 0 Å². The smallest absolute Gasteiger partial charge is 0.339 e. The molecule has 132 valence electrons. The zero-order valence-corrected chi connectivity index (χ0v) is 14.6. The average molecular weight is 372 g/mol. The SMILES string of the molecule is O=c1oc2c3c(c(Cl)cc2c2c1CCC2)OCN(c1ccc(F)cc1)C3. The molecule has 0 amide bonds. The summed E-state index contributed by atoms with van der Waals surface area (Å²) in [6.07, 6.45) is 2.56. The van der Waals surface area contributed by atoms with E-state index in [9.17, 15) is 9.18 Å². The lowest BCUT2D eigenvalue weighted by molar-refractivity contribution is 0.289. The van der Waals surface area contributed by atoms with Gasteiger partial charge in [-0.2, -0.15) is 0 Å². The summed E-state index contributed by atoms with van der Waals surface area (Å²) in [7, 11) is 0. The Labute approximate surface area is 153 Å². The summed E-state index contributed by atoms with van der Waals surface area (Å²) in [4.78, 5) is 14.3. The van der Waals surface area contributed by atoms with E-state index in [0.29, 0.717) is 29.6 Å². The second-order valence-corrected chi connectivity index (χ2v) is 7.10. The first-order chi connectivity index (χ1) is 12.6. The van der Waals surface area contributed by atoms with Crippen LogP contribution in [0.3, 0.4) is 0 Å². The molecule has 2 aromatic carbocycles. The quantitative estimate of drug-likeness (QED) is 0.593. The first-order valence-corrected chi connectivity index (χ1v) is 8.93. The predicted molar refractivity (Wildman–Crippen MR) is 97.6 cm³/mol. The van der Waals surface area contributed by atoms with Crippen molar-refractivity contribution in [1.82, 2.24) is 0 Å². The zero-order chi connectivity index (χ0) is 17.8. The molecule has 3 aromatic rings. The zero-order valence-electron chi connectivity index (χ0n) is 13.9. The maximum absolute atomic E-state index is 13.2. The van der Waals surface area contributed by atoms with Crippen LogP contribution in [0.2, 0.25) is 5.02 Å². The van der Waals surface area contributed by atoms with Crippen molar-refractivity contribution in [3.05, 3.63) is 68.3 Å². The molecule has 1 aliphatic carbocycles. The van der Waals surface area contributed by atoms with Crippen LogP contribution in [0.25, 0.3) is 11.0 Å². The number of aryl methyl sites for hydroxylation is 1. The van der Waals surface area contributed by atoms with Gasteiger partial charge in [-0.3, -0.25) is 0 Å².